The maximum Gasteiger partial charge on any atom is -0.00932 e. The summed E-state index contributed by atoms with van der Waals surface area (Å²) in [6.07, 6.45) is 9.30. The quantitative estimate of drug-likeness (QED) is 0.673. The van der Waals surface area contributed by atoms with Gasteiger partial charge in [-0.15, -0.1) is 13.2 Å². The van der Waals surface area contributed by atoms with E-state index in [2.05, 4.69) is 43.5 Å². The van der Waals surface area contributed by atoms with Crippen LogP contribution >= 0.6 is 0 Å². The van der Waals surface area contributed by atoms with Crippen molar-refractivity contribution in [1.82, 2.24) is 0 Å². The topological polar surface area (TPSA) is 0 Å². The van der Waals surface area contributed by atoms with Gasteiger partial charge in [-0.25, -0.2) is 0 Å². The highest BCUT2D eigenvalue weighted by Gasteiger charge is 2.32. The molecule has 0 aliphatic heterocycles. The lowest BCUT2D eigenvalue weighted by Crippen LogP contribution is -2.11. The molecule has 0 heteroatoms. The minimum absolute atomic E-state index is 0.635. The van der Waals surface area contributed by atoms with Crippen LogP contribution in [0.1, 0.15) is 35.4 Å². The van der Waals surface area contributed by atoms with Crippen LogP contribution in [0.3, 0.4) is 0 Å². The average molecular weight is 224 g/mol. The highest BCUT2D eigenvalue weighted by Crippen LogP contribution is 2.44. The Kier molecular flexibility index (Phi) is 2.66. The van der Waals surface area contributed by atoms with Gasteiger partial charge in [-0.05, 0) is 60.1 Å². The van der Waals surface area contributed by atoms with Crippen LogP contribution in [0.25, 0.3) is 0 Å². The van der Waals surface area contributed by atoms with Crippen molar-refractivity contribution in [1.29, 1.82) is 0 Å². The molecule has 1 aromatic carbocycles. The normalized spacial score (nSPS) is 30.5. The fraction of sp³-hybridized carbons (Fsp3) is 0.412. The van der Waals surface area contributed by atoms with Crippen LogP contribution in [-0.4, -0.2) is 0 Å². The lowest BCUT2D eigenvalue weighted by atomic mass is 9.82. The van der Waals surface area contributed by atoms with Crippen LogP contribution in [0.4, 0.5) is 0 Å². The van der Waals surface area contributed by atoms with Crippen LogP contribution in [0, 0.1) is 11.8 Å². The molecule has 1 saturated carbocycles. The van der Waals surface area contributed by atoms with Gasteiger partial charge in [-0.1, -0.05) is 30.4 Å². The van der Waals surface area contributed by atoms with Crippen molar-refractivity contribution in [2.24, 2.45) is 11.8 Å². The molecule has 1 fully saturated rings. The molecule has 3 unspecified atom stereocenters. The van der Waals surface area contributed by atoms with Gasteiger partial charge in [-0.3, -0.25) is 0 Å². The third kappa shape index (κ3) is 1.76. The molecule has 0 bridgehead atoms. The summed E-state index contributed by atoms with van der Waals surface area (Å²) in [6.45, 7) is 7.95. The van der Waals surface area contributed by atoms with Gasteiger partial charge in [0, 0.05) is 0 Å². The summed E-state index contributed by atoms with van der Waals surface area (Å²) in [6, 6.07) is 7.10. The molecule has 0 N–H and O–H groups in total. The van der Waals surface area contributed by atoms with E-state index >= 15 is 0 Å². The molecule has 3 rings (SSSR count). The number of hydrogen-bond acceptors (Lipinski definition) is 0. The van der Waals surface area contributed by atoms with E-state index in [1.165, 1.54) is 31.2 Å². The van der Waals surface area contributed by atoms with Gasteiger partial charge < -0.3 is 0 Å². The first-order chi connectivity index (χ1) is 8.31. The number of fused-ring (bicyclic) bond motifs is 1. The Morgan fingerprint density at radius 1 is 1.00 bits per heavy atom. The zero-order valence-corrected chi connectivity index (χ0v) is 10.4. The largest absolute Gasteiger partial charge is 0.103 e. The molecule has 0 amide bonds. The van der Waals surface area contributed by atoms with Crippen molar-refractivity contribution in [2.75, 3.05) is 0 Å². The number of hydrogen-bond donors (Lipinski definition) is 0. The van der Waals surface area contributed by atoms with Crippen molar-refractivity contribution < 1.29 is 0 Å². The summed E-state index contributed by atoms with van der Waals surface area (Å²) in [5, 5.41) is 0. The molecule has 88 valence electrons. The third-order valence-corrected chi connectivity index (χ3v) is 4.61. The summed E-state index contributed by atoms with van der Waals surface area (Å²) >= 11 is 0. The van der Waals surface area contributed by atoms with Gasteiger partial charge in [0.05, 0.1) is 0 Å². The van der Waals surface area contributed by atoms with Crippen LogP contribution in [0.5, 0.6) is 0 Å². The lowest BCUT2D eigenvalue weighted by molar-refractivity contribution is 0.589. The van der Waals surface area contributed by atoms with E-state index in [-0.39, 0.29) is 0 Å². The maximum atomic E-state index is 4.01. The van der Waals surface area contributed by atoms with E-state index in [1.807, 2.05) is 0 Å². The van der Waals surface area contributed by atoms with E-state index in [4.69, 9.17) is 0 Å². The monoisotopic (exact) mass is 224 g/mol. The average Bonchev–Trinajstić information content (AvgIpc) is 2.74. The van der Waals surface area contributed by atoms with E-state index in [0.717, 1.165) is 0 Å². The Labute approximate surface area is 104 Å². The zero-order valence-electron chi connectivity index (χ0n) is 10.4. The molecule has 0 nitrogen and oxygen atoms in total. The molecule has 2 aliphatic rings. The Balaban J connectivity index is 1.89. The van der Waals surface area contributed by atoms with Gasteiger partial charge in [0.1, 0.15) is 0 Å². The van der Waals surface area contributed by atoms with Gasteiger partial charge in [-0.2, -0.15) is 0 Å². The van der Waals surface area contributed by atoms with Crippen LogP contribution in [-0.2, 0) is 12.8 Å². The van der Waals surface area contributed by atoms with Crippen molar-refractivity contribution in [3.63, 3.8) is 0 Å². The van der Waals surface area contributed by atoms with E-state index in [1.54, 1.807) is 11.1 Å². The molecule has 0 radical (unpaired) electrons. The van der Waals surface area contributed by atoms with Crippen LogP contribution < -0.4 is 0 Å². The van der Waals surface area contributed by atoms with Gasteiger partial charge >= 0.3 is 0 Å². The molecular weight excluding hydrogens is 204 g/mol. The van der Waals surface area contributed by atoms with E-state index in [0.29, 0.717) is 17.8 Å². The molecule has 0 saturated heterocycles. The highest BCUT2D eigenvalue weighted by atomic mass is 14.4. The molecule has 0 spiro atoms. The lowest BCUT2D eigenvalue weighted by Gasteiger charge is -2.23. The first kappa shape index (κ1) is 10.8. The number of benzene rings is 1. The predicted octanol–water partition coefficient (Wildman–Crippen LogP) is 4.27. The van der Waals surface area contributed by atoms with Gasteiger partial charge in [0.2, 0.25) is 0 Å². The fourth-order valence-electron chi connectivity index (χ4n) is 3.39. The molecule has 0 heterocycles. The first-order valence-electron chi connectivity index (χ1n) is 6.68. The fourth-order valence-corrected chi connectivity index (χ4v) is 3.39. The molecule has 17 heavy (non-hydrogen) atoms. The third-order valence-electron chi connectivity index (χ3n) is 4.61. The number of aryl methyl sites for hydroxylation is 2. The molecule has 2 aliphatic carbocycles. The second-order valence-corrected chi connectivity index (χ2v) is 5.50. The Bertz CT molecular complexity index is 455. The van der Waals surface area contributed by atoms with Crippen molar-refractivity contribution in [3.05, 3.63) is 60.2 Å². The van der Waals surface area contributed by atoms with Crippen molar-refractivity contribution >= 4 is 0 Å². The summed E-state index contributed by atoms with van der Waals surface area (Å²) in [4.78, 5) is 0. The molecule has 3 atom stereocenters. The number of rotatable bonds is 3. The van der Waals surface area contributed by atoms with E-state index < -0.39 is 0 Å². The molecular formula is C17H20. The van der Waals surface area contributed by atoms with Gasteiger partial charge in [0.25, 0.3) is 0 Å². The highest BCUT2D eigenvalue weighted by molar-refractivity contribution is 5.40. The first-order valence-corrected chi connectivity index (χ1v) is 6.68. The SMILES string of the molecule is C=CC1CC(C=C)C(c2ccc3c(c2)CC3)C1. The summed E-state index contributed by atoms with van der Waals surface area (Å²) < 4.78 is 0. The number of allylic oxidation sites excluding steroid dienone is 2. The molecule has 1 aromatic rings. The van der Waals surface area contributed by atoms with E-state index in [9.17, 15) is 0 Å². The smallest absolute Gasteiger partial charge is 0.00932 e. The minimum Gasteiger partial charge on any atom is -0.103 e. The second-order valence-electron chi connectivity index (χ2n) is 5.50. The van der Waals surface area contributed by atoms with Crippen molar-refractivity contribution in [2.45, 2.75) is 31.6 Å². The summed E-state index contributed by atoms with van der Waals surface area (Å²) in [7, 11) is 0. The van der Waals surface area contributed by atoms with Gasteiger partial charge in [0.15, 0.2) is 0 Å². The minimum atomic E-state index is 0.635. The van der Waals surface area contributed by atoms with Crippen molar-refractivity contribution in [3.8, 4) is 0 Å². The Hall–Kier alpha value is -1.30. The predicted molar refractivity (Wildman–Crippen MR) is 73.2 cm³/mol. The Morgan fingerprint density at radius 2 is 1.82 bits per heavy atom. The maximum absolute atomic E-state index is 4.01. The standard InChI is InChI=1S/C17H20/c1-3-12-9-13(4-2)17(10-12)16-8-6-14-5-7-15(14)11-16/h3-4,6,8,11-13,17H,1-2,5,7,9-10H2. The van der Waals surface area contributed by atoms with Crippen LogP contribution in [0.2, 0.25) is 0 Å². The van der Waals surface area contributed by atoms with Crippen LogP contribution in [0.15, 0.2) is 43.5 Å². The molecule has 0 aromatic heterocycles. The Morgan fingerprint density at radius 3 is 2.41 bits per heavy atom. The second kappa shape index (κ2) is 4.18. The summed E-state index contributed by atoms with van der Waals surface area (Å²) in [5.41, 5.74) is 4.66. The summed E-state index contributed by atoms with van der Waals surface area (Å²) in [5.74, 6) is 1.98. The zero-order chi connectivity index (χ0) is 11.8.